The van der Waals surface area contributed by atoms with Crippen molar-refractivity contribution in [2.24, 2.45) is 11.8 Å². The van der Waals surface area contributed by atoms with Gasteiger partial charge in [0.05, 0.1) is 12.4 Å². The molecule has 4 rings (SSSR count). The van der Waals surface area contributed by atoms with Gasteiger partial charge in [0.25, 0.3) is 0 Å². The number of nitrogen functional groups attached to an aromatic ring is 2. The number of imidazole rings is 1. The van der Waals surface area contributed by atoms with E-state index in [0.29, 0.717) is 0 Å². The number of fused-ring (bicyclic) bond motifs is 2. The summed E-state index contributed by atoms with van der Waals surface area (Å²) >= 11 is 0. The Hall–Kier alpha value is -1.55. The lowest BCUT2D eigenvalue weighted by atomic mass is 9.89. The molecular weight excluding hydrogens is 528 g/mol. The average Bonchev–Trinajstić information content (AvgIpc) is 2.91. The summed E-state index contributed by atoms with van der Waals surface area (Å²) in [6, 6.07) is -1.14. The molecule has 2 fully saturated rings. The van der Waals surface area contributed by atoms with Crippen LogP contribution in [-0.2, 0) is 26.8 Å². The number of hydrogen-bond acceptors (Lipinski definition) is 12. The van der Waals surface area contributed by atoms with Crippen molar-refractivity contribution in [2.75, 3.05) is 11.5 Å². The summed E-state index contributed by atoms with van der Waals surface area (Å²) in [4.78, 5) is 48.1. The van der Waals surface area contributed by atoms with Crippen LogP contribution in [-0.4, -0.2) is 61.6 Å². The predicted molar refractivity (Wildman–Crippen MR) is 109 cm³/mol. The van der Waals surface area contributed by atoms with E-state index < -0.39 is 58.7 Å². The number of nitrogens with zero attached hydrogens (tertiary/aromatic N) is 4. The molecular formula is C13H20FN6O11P3. The number of nitrogens with two attached hydrogens (primary N) is 2. The van der Waals surface area contributed by atoms with Crippen LogP contribution in [0.5, 0.6) is 0 Å². The van der Waals surface area contributed by atoms with Gasteiger partial charge in [0.2, 0.25) is 5.95 Å². The van der Waals surface area contributed by atoms with E-state index in [0.717, 1.165) is 6.92 Å². The lowest BCUT2D eigenvalue weighted by Gasteiger charge is -2.34. The quantitative estimate of drug-likeness (QED) is 0.224. The SMILES string of the molecule is C[C@H]1[C@@H](n2cnc3c(N)nc(N)nc32)[C@](C)(F)[C@@]2(O)C(OP(=O)(O)OP(=O)(O)OP(=O)(O)O)[C@@H]12. The number of anilines is 2. The Bertz CT molecular complexity index is 1320. The molecule has 2 aliphatic rings. The molecule has 2 aliphatic carbocycles. The number of phosphoric ester groups is 1. The van der Waals surface area contributed by atoms with Crippen molar-refractivity contribution >= 4 is 46.4 Å². The van der Waals surface area contributed by atoms with Crippen molar-refractivity contribution in [2.45, 2.75) is 37.3 Å². The largest absolute Gasteiger partial charge is 0.490 e. The first-order chi connectivity index (χ1) is 15.3. The Morgan fingerprint density at radius 1 is 1.12 bits per heavy atom. The molecule has 0 aliphatic heterocycles. The van der Waals surface area contributed by atoms with Crippen LogP contribution in [0.1, 0.15) is 19.9 Å². The number of hydrogen-bond donors (Lipinski definition) is 7. The highest BCUT2D eigenvalue weighted by molar-refractivity contribution is 7.66. The molecule has 0 bridgehead atoms. The van der Waals surface area contributed by atoms with Crippen LogP contribution in [0.3, 0.4) is 0 Å². The molecule has 0 amide bonds. The molecule has 3 unspecified atom stereocenters. The summed E-state index contributed by atoms with van der Waals surface area (Å²) < 4.78 is 63.8. The second kappa shape index (κ2) is 7.48. The number of halogens is 1. The maximum absolute atomic E-state index is 16.1. The van der Waals surface area contributed by atoms with E-state index in [1.165, 1.54) is 17.8 Å². The molecule has 2 heterocycles. The van der Waals surface area contributed by atoms with Gasteiger partial charge >= 0.3 is 23.5 Å². The van der Waals surface area contributed by atoms with Crippen LogP contribution < -0.4 is 11.5 Å². The van der Waals surface area contributed by atoms with Gasteiger partial charge in [-0.3, -0.25) is 4.52 Å². The van der Waals surface area contributed by atoms with E-state index >= 15 is 4.39 Å². The third kappa shape index (κ3) is 3.98. The van der Waals surface area contributed by atoms with Gasteiger partial charge in [0.1, 0.15) is 17.2 Å². The lowest BCUT2D eigenvalue weighted by Crippen LogP contribution is -2.45. The topological polar surface area (TPSA) is 276 Å². The van der Waals surface area contributed by atoms with E-state index in [9.17, 15) is 28.6 Å². The first-order valence-corrected chi connectivity index (χ1v) is 13.8. The normalized spacial score (nSPS) is 36.7. The van der Waals surface area contributed by atoms with Gasteiger partial charge in [-0.05, 0) is 12.8 Å². The Morgan fingerprint density at radius 2 is 1.74 bits per heavy atom. The van der Waals surface area contributed by atoms with Crippen molar-refractivity contribution in [1.29, 1.82) is 0 Å². The first-order valence-electron chi connectivity index (χ1n) is 9.30. The lowest BCUT2D eigenvalue weighted by molar-refractivity contribution is -0.0615. The highest BCUT2D eigenvalue weighted by atomic mass is 31.3. The average molecular weight is 548 g/mol. The number of alkyl halides is 1. The van der Waals surface area contributed by atoms with Crippen molar-refractivity contribution in [1.82, 2.24) is 19.5 Å². The highest BCUT2D eigenvalue weighted by Gasteiger charge is 2.85. The molecule has 0 radical (unpaired) electrons. The molecule has 0 spiro atoms. The summed E-state index contributed by atoms with van der Waals surface area (Å²) in [6.07, 6.45) is -0.473. The summed E-state index contributed by atoms with van der Waals surface area (Å²) in [5.74, 6) is -2.17. The summed E-state index contributed by atoms with van der Waals surface area (Å²) in [5, 5.41) is 11.0. The molecule has 21 heteroatoms. The molecule has 0 aromatic carbocycles. The van der Waals surface area contributed by atoms with Crippen molar-refractivity contribution in [3.63, 3.8) is 0 Å². The molecule has 2 saturated carbocycles. The Labute approximate surface area is 189 Å². The van der Waals surface area contributed by atoms with Crippen LogP contribution >= 0.6 is 23.5 Å². The number of rotatable bonds is 7. The van der Waals surface area contributed by atoms with Gasteiger partial charge in [-0.25, -0.2) is 23.1 Å². The van der Waals surface area contributed by atoms with E-state index in [4.69, 9.17) is 25.8 Å². The second-order valence-corrected chi connectivity index (χ2v) is 12.5. The Kier molecular flexibility index (Phi) is 5.62. The monoisotopic (exact) mass is 548 g/mol. The first kappa shape index (κ1) is 25.5. The molecule has 17 nitrogen and oxygen atoms in total. The smallest absolute Gasteiger partial charge is 0.383 e. The predicted octanol–water partition coefficient (Wildman–Crippen LogP) is -0.0175. The van der Waals surface area contributed by atoms with Crippen molar-refractivity contribution in [3.05, 3.63) is 6.33 Å². The van der Waals surface area contributed by atoms with E-state index in [1.807, 2.05) is 0 Å². The second-order valence-electron chi connectivity index (χ2n) is 8.14. The zero-order valence-corrected chi connectivity index (χ0v) is 19.9. The van der Waals surface area contributed by atoms with Crippen LogP contribution in [0, 0.1) is 11.8 Å². The molecule has 0 saturated heterocycles. The fraction of sp³-hybridized carbons (Fsp3) is 0.615. The third-order valence-electron chi connectivity index (χ3n) is 5.99. The molecule has 8 atom stereocenters. The number of aliphatic hydroxyl groups is 1. The molecule has 2 aromatic heterocycles. The molecule has 2 aromatic rings. The van der Waals surface area contributed by atoms with Crippen molar-refractivity contribution in [3.8, 4) is 0 Å². The maximum Gasteiger partial charge on any atom is 0.490 e. The standard InChI is InChI=1S/C13H20FN6O11P3/c1-4-5-8(29-33(25,26)31-34(27,28)30-32(22,23)24)13(5,21)12(2,14)7(4)20-3-17-6-9(15)18-11(16)19-10(6)20/h3-5,7-8,21H,1-2H3,(H,25,26)(H,27,28)(H2,22,23,24)(H4,15,16,18,19)/t4-,5-,7-,8?,12+,13+/m1/s1. The van der Waals surface area contributed by atoms with Crippen molar-refractivity contribution < 1.29 is 55.9 Å². The summed E-state index contributed by atoms with van der Waals surface area (Å²) in [7, 11) is -17.0. The van der Waals surface area contributed by atoms with Gasteiger partial charge in [0, 0.05) is 5.92 Å². The molecule has 9 N–H and O–H groups in total. The Morgan fingerprint density at radius 3 is 2.26 bits per heavy atom. The van der Waals surface area contributed by atoms with Crippen LogP contribution in [0.4, 0.5) is 16.2 Å². The van der Waals surface area contributed by atoms with E-state index in [1.54, 1.807) is 0 Å². The summed E-state index contributed by atoms with van der Waals surface area (Å²) in [5.41, 5.74) is 6.68. The zero-order chi connectivity index (χ0) is 25.6. The van der Waals surface area contributed by atoms with Crippen LogP contribution in [0.2, 0.25) is 0 Å². The molecule has 190 valence electrons. The van der Waals surface area contributed by atoms with E-state index in [2.05, 4.69) is 23.6 Å². The highest BCUT2D eigenvalue weighted by Crippen LogP contribution is 2.74. The van der Waals surface area contributed by atoms with Gasteiger partial charge in [-0.15, -0.1) is 0 Å². The van der Waals surface area contributed by atoms with Gasteiger partial charge in [-0.2, -0.15) is 18.6 Å². The minimum absolute atomic E-state index is 0.0538. The van der Waals surface area contributed by atoms with Gasteiger partial charge in [-0.1, -0.05) is 6.92 Å². The zero-order valence-electron chi connectivity index (χ0n) is 17.2. The van der Waals surface area contributed by atoms with Gasteiger partial charge < -0.3 is 40.7 Å². The number of phosphoric acid groups is 3. The maximum atomic E-state index is 16.1. The number of aromatic nitrogens is 4. The minimum Gasteiger partial charge on any atom is -0.383 e. The minimum atomic E-state index is -5.78. The van der Waals surface area contributed by atoms with Crippen LogP contribution in [0.15, 0.2) is 6.33 Å². The van der Waals surface area contributed by atoms with Crippen LogP contribution in [0.25, 0.3) is 11.2 Å². The fourth-order valence-electron chi connectivity index (χ4n) is 4.84. The Balaban J connectivity index is 1.60. The van der Waals surface area contributed by atoms with E-state index in [-0.39, 0.29) is 22.9 Å². The third-order valence-corrected chi connectivity index (χ3v) is 9.81. The van der Waals surface area contributed by atoms with Gasteiger partial charge in [0.15, 0.2) is 17.1 Å². The summed E-state index contributed by atoms with van der Waals surface area (Å²) in [6.45, 7) is 2.51. The fourth-order valence-corrected chi connectivity index (χ4v) is 8.08. The molecule has 34 heavy (non-hydrogen) atoms.